The van der Waals surface area contributed by atoms with Crippen molar-refractivity contribution in [3.05, 3.63) is 34.9 Å². The molecule has 1 aromatic carbocycles. The Hall–Kier alpha value is -0.570. The maximum Gasteiger partial charge on any atom is 0.0549 e. The van der Waals surface area contributed by atoms with Crippen LogP contribution in [-0.2, 0) is 4.74 Å². The second-order valence-electron chi connectivity index (χ2n) is 5.18. The summed E-state index contributed by atoms with van der Waals surface area (Å²) in [6.07, 6.45) is 3.89. The fraction of sp³-hybridized carbons (Fsp3) is 0.600. The van der Waals surface area contributed by atoms with Gasteiger partial charge in [-0.05, 0) is 37.8 Å². The number of hydrogen-bond acceptors (Lipinski definition) is 2. The molecule has 2 unspecified atom stereocenters. The average Bonchev–Trinajstić information content (AvgIpc) is 3.19. The molecule has 0 spiro atoms. The Balaban J connectivity index is 2.04. The molecule has 0 radical (unpaired) electrons. The van der Waals surface area contributed by atoms with E-state index < -0.39 is 0 Å². The third-order valence-corrected chi connectivity index (χ3v) is 3.94. The molecule has 1 N–H and O–H groups in total. The van der Waals surface area contributed by atoms with Gasteiger partial charge in [-0.3, -0.25) is 0 Å². The minimum atomic E-state index is 0.257. The molecule has 0 aromatic heterocycles. The van der Waals surface area contributed by atoms with Crippen LogP contribution in [0.5, 0.6) is 0 Å². The van der Waals surface area contributed by atoms with Gasteiger partial charge in [0.25, 0.3) is 0 Å². The van der Waals surface area contributed by atoms with Gasteiger partial charge in [0.1, 0.15) is 0 Å². The van der Waals surface area contributed by atoms with Gasteiger partial charge in [-0.1, -0.05) is 29.8 Å². The van der Waals surface area contributed by atoms with E-state index in [1.54, 1.807) is 7.11 Å². The fourth-order valence-electron chi connectivity index (χ4n) is 2.22. The maximum atomic E-state index is 6.31. The third-order valence-electron chi connectivity index (χ3n) is 3.59. The molecule has 18 heavy (non-hydrogen) atoms. The predicted octanol–water partition coefficient (Wildman–Crippen LogP) is 3.60. The van der Waals surface area contributed by atoms with Crippen LogP contribution in [0.3, 0.4) is 0 Å². The summed E-state index contributed by atoms with van der Waals surface area (Å²) in [4.78, 5) is 0. The lowest BCUT2D eigenvalue weighted by atomic mass is 9.93. The number of hydrogen-bond donors (Lipinski definition) is 1. The van der Waals surface area contributed by atoms with E-state index in [0.29, 0.717) is 5.92 Å². The highest BCUT2D eigenvalue weighted by Gasteiger charge is 2.24. The first kappa shape index (κ1) is 13.9. The molecule has 0 heterocycles. The number of rotatable bonds is 7. The molecule has 0 amide bonds. The van der Waals surface area contributed by atoms with E-state index in [1.807, 2.05) is 12.1 Å². The van der Waals surface area contributed by atoms with Crippen molar-refractivity contribution in [2.45, 2.75) is 44.2 Å². The van der Waals surface area contributed by atoms with Crippen molar-refractivity contribution in [3.63, 3.8) is 0 Å². The molecule has 100 valence electrons. The molecule has 3 heteroatoms. The van der Waals surface area contributed by atoms with E-state index in [1.165, 1.54) is 18.4 Å². The van der Waals surface area contributed by atoms with Gasteiger partial charge in [-0.2, -0.15) is 0 Å². The van der Waals surface area contributed by atoms with Crippen molar-refractivity contribution < 1.29 is 4.74 Å². The molecule has 0 bridgehead atoms. The summed E-state index contributed by atoms with van der Waals surface area (Å²) in [6.45, 7) is 3.10. The summed E-state index contributed by atoms with van der Waals surface area (Å²) in [7, 11) is 1.77. The summed E-state index contributed by atoms with van der Waals surface area (Å²) in [5.41, 5.74) is 1.23. The zero-order valence-corrected chi connectivity index (χ0v) is 11.9. The van der Waals surface area contributed by atoms with Crippen molar-refractivity contribution in [1.82, 2.24) is 5.32 Å². The van der Waals surface area contributed by atoms with Gasteiger partial charge in [0.05, 0.1) is 6.10 Å². The van der Waals surface area contributed by atoms with E-state index in [0.717, 1.165) is 24.0 Å². The number of methoxy groups -OCH3 is 1. The lowest BCUT2D eigenvalue weighted by Gasteiger charge is -2.22. The second kappa shape index (κ2) is 6.55. The van der Waals surface area contributed by atoms with Gasteiger partial charge in [0, 0.05) is 30.6 Å². The quantitative estimate of drug-likeness (QED) is 0.815. The Bertz CT molecular complexity index is 379. The van der Waals surface area contributed by atoms with Gasteiger partial charge in [-0.15, -0.1) is 0 Å². The van der Waals surface area contributed by atoms with Gasteiger partial charge >= 0.3 is 0 Å². The van der Waals surface area contributed by atoms with E-state index in [-0.39, 0.29) is 6.10 Å². The molecule has 0 saturated heterocycles. The Labute approximate surface area is 115 Å². The van der Waals surface area contributed by atoms with Crippen LogP contribution in [0.15, 0.2) is 24.3 Å². The van der Waals surface area contributed by atoms with Gasteiger partial charge in [-0.25, -0.2) is 0 Å². The number of nitrogens with one attached hydrogen (secondary N) is 1. The summed E-state index contributed by atoms with van der Waals surface area (Å²) in [5, 5.41) is 4.46. The molecule has 2 rings (SSSR count). The number of halogens is 1. The van der Waals surface area contributed by atoms with Crippen molar-refractivity contribution in [1.29, 1.82) is 0 Å². The molecule has 2 atom stereocenters. The lowest BCUT2D eigenvalue weighted by molar-refractivity contribution is 0.104. The van der Waals surface area contributed by atoms with Gasteiger partial charge in [0.15, 0.2) is 0 Å². The van der Waals surface area contributed by atoms with E-state index >= 15 is 0 Å². The Morgan fingerprint density at radius 1 is 1.39 bits per heavy atom. The Morgan fingerprint density at radius 2 is 2.11 bits per heavy atom. The largest absolute Gasteiger partial charge is 0.382 e. The van der Waals surface area contributed by atoms with E-state index in [2.05, 4.69) is 24.4 Å². The summed E-state index contributed by atoms with van der Waals surface area (Å²) < 4.78 is 5.39. The first-order valence-corrected chi connectivity index (χ1v) is 7.09. The van der Waals surface area contributed by atoms with Crippen LogP contribution < -0.4 is 5.32 Å². The molecule has 1 aliphatic carbocycles. The van der Waals surface area contributed by atoms with Crippen LogP contribution in [0.1, 0.15) is 37.7 Å². The molecule has 1 saturated carbocycles. The fourth-order valence-corrected chi connectivity index (χ4v) is 2.51. The van der Waals surface area contributed by atoms with Crippen LogP contribution in [-0.4, -0.2) is 25.8 Å². The topological polar surface area (TPSA) is 21.3 Å². The van der Waals surface area contributed by atoms with Gasteiger partial charge in [0.2, 0.25) is 0 Å². The van der Waals surface area contributed by atoms with Crippen molar-refractivity contribution in [3.8, 4) is 0 Å². The molecular formula is C15H22ClNO. The zero-order chi connectivity index (χ0) is 13.0. The van der Waals surface area contributed by atoms with E-state index in [4.69, 9.17) is 16.3 Å². The standard InChI is InChI=1S/C15H22ClNO/c1-11(18-2)9-12(10-17-13-7-8-13)14-5-3-4-6-15(14)16/h3-6,11-13,17H,7-10H2,1-2H3. The van der Waals surface area contributed by atoms with Crippen molar-refractivity contribution >= 4 is 11.6 Å². The van der Waals surface area contributed by atoms with Crippen LogP contribution >= 0.6 is 11.6 Å². The monoisotopic (exact) mass is 267 g/mol. The maximum absolute atomic E-state index is 6.31. The Kier molecular flexibility index (Phi) is 5.04. The predicted molar refractivity (Wildman–Crippen MR) is 76.3 cm³/mol. The summed E-state index contributed by atoms with van der Waals surface area (Å²) in [6, 6.07) is 8.87. The molecule has 1 aliphatic rings. The van der Waals surface area contributed by atoms with E-state index in [9.17, 15) is 0 Å². The highest BCUT2D eigenvalue weighted by atomic mass is 35.5. The Morgan fingerprint density at radius 3 is 2.72 bits per heavy atom. The van der Waals surface area contributed by atoms with Crippen LogP contribution in [0.25, 0.3) is 0 Å². The SMILES string of the molecule is COC(C)CC(CNC1CC1)c1ccccc1Cl. The molecule has 2 nitrogen and oxygen atoms in total. The second-order valence-corrected chi connectivity index (χ2v) is 5.59. The summed E-state index contributed by atoms with van der Waals surface area (Å²) in [5.74, 6) is 0.425. The van der Waals surface area contributed by atoms with Gasteiger partial charge < -0.3 is 10.1 Å². The van der Waals surface area contributed by atoms with Crippen molar-refractivity contribution in [2.75, 3.05) is 13.7 Å². The summed E-state index contributed by atoms with van der Waals surface area (Å²) >= 11 is 6.31. The first-order chi connectivity index (χ1) is 8.70. The molecule has 0 aliphatic heterocycles. The highest BCUT2D eigenvalue weighted by Crippen LogP contribution is 2.29. The van der Waals surface area contributed by atoms with Crippen LogP contribution in [0.2, 0.25) is 5.02 Å². The third kappa shape index (κ3) is 3.98. The lowest BCUT2D eigenvalue weighted by Crippen LogP contribution is -2.26. The zero-order valence-electron chi connectivity index (χ0n) is 11.2. The molecule has 1 aromatic rings. The average molecular weight is 268 g/mol. The number of benzene rings is 1. The highest BCUT2D eigenvalue weighted by molar-refractivity contribution is 6.31. The molecule has 1 fully saturated rings. The van der Waals surface area contributed by atoms with Crippen LogP contribution in [0, 0.1) is 0 Å². The molecular weight excluding hydrogens is 246 g/mol. The van der Waals surface area contributed by atoms with Crippen molar-refractivity contribution in [2.24, 2.45) is 0 Å². The smallest absolute Gasteiger partial charge is 0.0549 e. The minimum Gasteiger partial charge on any atom is -0.382 e. The minimum absolute atomic E-state index is 0.257. The van der Waals surface area contributed by atoms with Crippen LogP contribution in [0.4, 0.5) is 0 Å². The first-order valence-electron chi connectivity index (χ1n) is 6.71. The normalized spacial score (nSPS) is 18.6. The number of ether oxygens (including phenoxy) is 1.